The zero-order valence-corrected chi connectivity index (χ0v) is 17.2. The van der Waals surface area contributed by atoms with E-state index in [0.717, 1.165) is 6.42 Å². The van der Waals surface area contributed by atoms with E-state index in [9.17, 15) is 9.59 Å². The Morgan fingerprint density at radius 2 is 1.88 bits per heavy atom. The van der Waals surface area contributed by atoms with Gasteiger partial charge in [-0.3, -0.25) is 9.59 Å². The molecule has 26 heavy (non-hydrogen) atoms. The van der Waals surface area contributed by atoms with Crippen molar-refractivity contribution in [1.82, 2.24) is 10.2 Å². The quantitative estimate of drug-likeness (QED) is 0.393. The Balaban J connectivity index is 1.80. The number of amides is 1. The molecule has 0 fully saturated rings. The Morgan fingerprint density at radius 3 is 2.54 bits per heavy atom. The van der Waals surface area contributed by atoms with Gasteiger partial charge in [-0.15, -0.1) is 10.2 Å². The Bertz CT molecular complexity index is 739. The van der Waals surface area contributed by atoms with Crippen molar-refractivity contribution in [2.75, 3.05) is 11.1 Å². The van der Waals surface area contributed by atoms with Crippen LogP contribution in [0, 0.1) is 11.3 Å². The van der Waals surface area contributed by atoms with Gasteiger partial charge in [-0.2, -0.15) is 0 Å². The summed E-state index contributed by atoms with van der Waals surface area (Å²) < 4.78 is 0.673. The van der Waals surface area contributed by atoms with Crippen LogP contribution in [0.2, 0.25) is 0 Å². The maximum absolute atomic E-state index is 12.1. The number of carbonyl (C=O) groups is 2. The molecule has 140 valence electrons. The first-order valence-electron chi connectivity index (χ1n) is 8.57. The van der Waals surface area contributed by atoms with Crippen LogP contribution < -0.4 is 5.32 Å². The molecule has 0 radical (unpaired) electrons. The number of thioether (sulfide) groups is 1. The lowest BCUT2D eigenvalue weighted by atomic mass is 9.84. The monoisotopic (exact) mass is 391 g/mol. The highest BCUT2D eigenvalue weighted by Gasteiger charge is 2.18. The number of anilines is 1. The van der Waals surface area contributed by atoms with E-state index >= 15 is 0 Å². The minimum absolute atomic E-state index is 0.0465. The summed E-state index contributed by atoms with van der Waals surface area (Å²) in [5.41, 5.74) is 0.892. The summed E-state index contributed by atoms with van der Waals surface area (Å²) in [6, 6.07) is 9.17. The number of carbonyl (C=O) groups excluding carboxylic acids is 2. The Morgan fingerprint density at radius 1 is 1.19 bits per heavy atom. The smallest absolute Gasteiger partial charge is 0.226 e. The first-order valence-corrected chi connectivity index (χ1v) is 10.4. The summed E-state index contributed by atoms with van der Waals surface area (Å²) >= 11 is 2.63. The van der Waals surface area contributed by atoms with Gasteiger partial charge in [0.05, 0.1) is 5.75 Å². The number of nitrogens with zero attached hydrogens (tertiary/aromatic N) is 2. The van der Waals surface area contributed by atoms with Gasteiger partial charge in [0, 0.05) is 12.0 Å². The molecule has 0 saturated heterocycles. The second kappa shape index (κ2) is 9.28. The van der Waals surface area contributed by atoms with E-state index in [4.69, 9.17) is 0 Å². The summed E-state index contributed by atoms with van der Waals surface area (Å²) in [7, 11) is 0. The van der Waals surface area contributed by atoms with Crippen molar-refractivity contribution < 1.29 is 9.59 Å². The number of benzene rings is 1. The average molecular weight is 392 g/mol. The Labute approximate surface area is 163 Å². The number of rotatable bonds is 8. The maximum atomic E-state index is 12.1. The fraction of sp³-hybridized carbons (Fsp3) is 0.474. The van der Waals surface area contributed by atoms with Crippen molar-refractivity contribution in [3.05, 3.63) is 35.9 Å². The highest BCUT2D eigenvalue weighted by atomic mass is 32.2. The standard InChI is InChI=1S/C19H25N3O2S2/c1-13(11-19(2,3)4)10-16(24)20-17-21-22-18(26-17)25-12-15(23)14-8-6-5-7-9-14/h5-9,13H,10-12H2,1-4H3,(H,20,21,24). The molecule has 0 bridgehead atoms. The zero-order valence-electron chi connectivity index (χ0n) is 15.6. The van der Waals surface area contributed by atoms with E-state index in [1.54, 1.807) is 12.1 Å². The Hall–Kier alpha value is -1.73. The molecule has 1 unspecified atom stereocenters. The van der Waals surface area contributed by atoms with Crippen molar-refractivity contribution in [2.24, 2.45) is 11.3 Å². The van der Waals surface area contributed by atoms with Gasteiger partial charge in [0.2, 0.25) is 11.0 Å². The lowest BCUT2D eigenvalue weighted by molar-refractivity contribution is -0.117. The molecular weight excluding hydrogens is 366 g/mol. The first kappa shape index (κ1) is 20.6. The van der Waals surface area contributed by atoms with Crippen molar-refractivity contribution in [3.8, 4) is 0 Å². The number of Topliss-reactive ketones (excluding diaryl/α,β-unsaturated/α-hetero) is 1. The summed E-state index contributed by atoms with van der Waals surface area (Å²) in [6.07, 6.45) is 1.45. The van der Waals surface area contributed by atoms with Crippen LogP contribution in [-0.2, 0) is 4.79 Å². The highest BCUT2D eigenvalue weighted by molar-refractivity contribution is 8.01. The van der Waals surface area contributed by atoms with Gasteiger partial charge < -0.3 is 5.32 Å². The highest BCUT2D eigenvalue weighted by Crippen LogP contribution is 2.28. The van der Waals surface area contributed by atoms with Gasteiger partial charge in [-0.1, -0.05) is 81.1 Å². The van der Waals surface area contributed by atoms with E-state index in [2.05, 4.69) is 43.2 Å². The summed E-state index contributed by atoms with van der Waals surface area (Å²) in [4.78, 5) is 24.2. The van der Waals surface area contributed by atoms with Gasteiger partial charge in [-0.25, -0.2) is 0 Å². The van der Waals surface area contributed by atoms with Gasteiger partial charge in [0.25, 0.3) is 0 Å². The molecule has 1 aromatic carbocycles. The zero-order chi connectivity index (χ0) is 19.2. The first-order chi connectivity index (χ1) is 12.2. The van der Waals surface area contributed by atoms with Crippen LogP contribution in [0.25, 0.3) is 0 Å². The van der Waals surface area contributed by atoms with Crippen LogP contribution in [0.1, 0.15) is 50.9 Å². The topological polar surface area (TPSA) is 72.0 Å². The molecule has 1 aromatic heterocycles. The minimum Gasteiger partial charge on any atom is -0.300 e. The summed E-state index contributed by atoms with van der Waals surface area (Å²) in [5.74, 6) is 0.609. The summed E-state index contributed by atoms with van der Waals surface area (Å²) in [6.45, 7) is 8.60. The Kier molecular flexibility index (Phi) is 7.34. The third-order valence-corrected chi connectivity index (χ3v) is 5.54. The van der Waals surface area contributed by atoms with Crippen LogP contribution in [0.15, 0.2) is 34.7 Å². The largest absolute Gasteiger partial charge is 0.300 e. The van der Waals surface area contributed by atoms with Crippen LogP contribution >= 0.6 is 23.1 Å². The van der Waals surface area contributed by atoms with Crippen molar-refractivity contribution >= 4 is 39.9 Å². The van der Waals surface area contributed by atoms with E-state index in [1.165, 1.54) is 23.1 Å². The molecule has 1 atom stereocenters. The fourth-order valence-electron chi connectivity index (χ4n) is 2.76. The lowest BCUT2D eigenvalue weighted by Gasteiger charge is -2.22. The molecule has 0 aliphatic heterocycles. The van der Waals surface area contributed by atoms with Crippen LogP contribution in [-0.4, -0.2) is 27.6 Å². The molecular formula is C19H25N3O2S2. The predicted octanol–water partition coefficient (Wildman–Crippen LogP) is 4.91. The SMILES string of the molecule is CC(CC(=O)Nc1nnc(SCC(=O)c2ccccc2)s1)CC(C)(C)C. The van der Waals surface area contributed by atoms with Gasteiger partial charge in [0.1, 0.15) is 0 Å². The maximum Gasteiger partial charge on any atom is 0.226 e. The van der Waals surface area contributed by atoms with Crippen molar-refractivity contribution in [2.45, 2.75) is 44.9 Å². The number of hydrogen-bond donors (Lipinski definition) is 1. The lowest BCUT2D eigenvalue weighted by Crippen LogP contribution is -2.18. The number of ketones is 1. The molecule has 0 spiro atoms. The van der Waals surface area contributed by atoms with Crippen LogP contribution in [0.4, 0.5) is 5.13 Å². The minimum atomic E-state index is -0.0465. The summed E-state index contributed by atoms with van der Waals surface area (Å²) in [5, 5.41) is 11.3. The molecule has 1 N–H and O–H groups in total. The van der Waals surface area contributed by atoms with E-state index in [1.807, 2.05) is 18.2 Å². The third kappa shape index (κ3) is 7.25. The molecule has 1 heterocycles. The fourth-order valence-corrected chi connectivity index (χ4v) is 4.42. The molecule has 0 aliphatic carbocycles. The van der Waals surface area contributed by atoms with Gasteiger partial charge >= 0.3 is 0 Å². The average Bonchev–Trinajstić information content (AvgIpc) is 2.98. The number of nitrogens with one attached hydrogen (secondary N) is 1. The predicted molar refractivity (Wildman–Crippen MR) is 108 cm³/mol. The van der Waals surface area contributed by atoms with Gasteiger partial charge in [-0.05, 0) is 17.8 Å². The van der Waals surface area contributed by atoms with Crippen LogP contribution in [0.3, 0.4) is 0 Å². The normalized spacial score (nSPS) is 12.6. The second-order valence-electron chi connectivity index (χ2n) is 7.57. The van der Waals surface area contributed by atoms with Gasteiger partial charge in [0.15, 0.2) is 10.1 Å². The molecule has 0 saturated carbocycles. The molecule has 2 aromatic rings. The van der Waals surface area contributed by atoms with E-state index in [-0.39, 0.29) is 17.1 Å². The molecule has 1 amide bonds. The van der Waals surface area contributed by atoms with Crippen molar-refractivity contribution in [1.29, 1.82) is 0 Å². The molecule has 2 rings (SSSR count). The molecule has 0 aliphatic rings. The van der Waals surface area contributed by atoms with E-state index in [0.29, 0.717) is 33.1 Å². The van der Waals surface area contributed by atoms with Crippen molar-refractivity contribution in [3.63, 3.8) is 0 Å². The second-order valence-corrected chi connectivity index (χ2v) is 9.77. The number of hydrogen-bond acceptors (Lipinski definition) is 6. The number of aromatic nitrogens is 2. The molecule has 5 nitrogen and oxygen atoms in total. The van der Waals surface area contributed by atoms with Crippen LogP contribution in [0.5, 0.6) is 0 Å². The third-order valence-electron chi connectivity index (χ3n) is 3.57. The van der Waals surface area contributed by atoms with E-state index < -0.39 is 0 Å². The molecule has 7 heteroatoms.